The van der Waals surface area contributed by atoms with E-state index in [1.165, 1.54) is 5.56 Å². The quantitative estimate of drug-likeness (QED) is 0.481. The Hall–Kier alpha value is -2.75. The molecular formula is C21H30N8O. The Labute approximate surface area is 176 Å². The van der Waals surface area contributed by atoms with E-state index in [1.807, 2.05) is 6.07 Å². The number of nitrogens with zero attached hydrogens (tertiary/aromatic N) is 6. The Balaban J connectivity index is 1.38. The van der Waals surface area contributed by atoms with Crippen LogP contribution in [0.5, 0.6) is 0 Å². The molecule has 0 unspecified atom stereocenters. The second kappa shape index (κ2) is 9.84. The second-order valence-corrected chi connectivity index (χ2v) is 7.68. The van der Waals surface area contributed by atoms with E-state index in [1.54, 1.807) is 6.33 Å². The molecule has 2 aromatic heterocycles. The van der Waals surface area contributed by atoms with E-state index in [-0.39, 0.29) is 6.61 Å². The molecule has 1 fully saturated rings. The van der Waals surface area contributed by atoms with Crippen molar-refractivity contribution in [3.05, 3.63) is 42.2 Å². The normalized spacial score (nSPS) is 15.2. The summed E-state index contributed by atoms with van der Waals surface area (Å²) in [5.74, 6) is 1.50. The number of rotatable bonds is 9. The van der Waals surface area contributed by atoms with Gasteiger partial charge < -0.3 is 25.2 Å². The number of benzene rings is 1. The molecule has 0 bridgehead atoms. The van der Waals surface area contributed by atoms with E-state index in [4.69, 9.17) is 10.1 Å². The van der Waals surface area contributed by atoms with Gasteiger partial charge in [-0.3, -0.25) is 4.90 Å². The Morgan fingerprint density at radius 1 is 1.13 bits per heavy atom. The monoisotopic (exact) mass is 410 g/mol. The number of β-amino-alcohol motifs (C(OH)–C–C–N with tert-alkyl or cyclic N) is 1. The van der Waals surface area contributed by atoms with Crippen molar-refractivity contribution >= 4 is 22.9 Å². The molecule has 0 radical (unpaired) electrons. The van der Waals surface area contributed by atoms with Crippen LogP contribution < -0.4 is 10.2 Å². The second-order valence-electron chi connectivity index (χ2n) is 7.68. The standard InChI is InChI=1S/C21H30N8O/c1-27(15-17-5-3-2-4-6-17)8-7-22-19-18-20(24-16-23-18)26-21(25-19)29-11-9-28(10-12-29)13-14-30/h2-6,16,30H,7-15H2,1H3,(H2,22,23,24,25,26). The van der Waals surface area contributed by atoms with Crippen molar-refractivity contribution in [1.29, 1.82) is 0 Å². The highest BCUT2D eigenvalue weighted by Crippen LogP contribution is 2.21. The number of aromatic amines is 1. The minimum absolute atomic E-state index is 0.197. The number of imidazole rings is 1. The van der Waals surface area contributed by atoms with E-state index in [0.29, 0.717) is 11.6 Å². The summed E-state index contributed by atoms with van der Waals surface area (Å²) >= 11 is 0. The maximum absolute atomic E-state index is 9.13. The Bertz CT molecular complexity index is 923. The zero-order valence-corrected chi connectivity index (χ0v) is 17.5. The summed E-state index contributed by atoms with van der Waals surface area (Å²) in [4.78, 5) is 23.7. The highest BCUT2D eigenvalue weighted by atomic mass is 16.3. The summed E-state index contributed by atoms with van der Waals surface area (Å²) in [6, 6.07) is 10.5. The van der Waals surface area contributed by atoms with E-state index < -0.39 is 0 Å². The van der Waals surface area contributed by atoms with Gasteiger partial charge in [0, 0.05) is 52.4 Å². The van der Waals surface area contributed by atoms with Gasteiger partial charge in [0.05, 0.1) is 12.9 Å². The molecule has 9 heteroatoms. The Morgan fingerprint density at radius 2 is 1.93 bits per heavy atom. The largest absolute Gasteiger partial charge is 0.395 e. The first-order valence-electron chi connectivity index (χ1n) is 10.5. The first-order valence-corrected chi connectivity index (χ1v) is 10.5. The van der Waals surface area contributed by atoms with Gasteiger partial charge in [0.25, 0.3) is 0 Å². The molecule has 30 heavy (non-hydrogen) atoms. The number of aromatic nitrogens is 4. The Kier molecular flexibility index (Phi) is 6.73. The Morgan fingerprint density at radius 3 is 2.70 bits per heavy atom. The van der Waals surface area contributed by atoms with Gasteiger partial charge in [-0.15, -0.1) is 0 Å². The lowest BCUT2D eigenvalue weighted by atomic mass is 10.2. The molecule has 1 aliphatic heterocycles. The molecule has 1 aromatic carbocycles. The van der Waals surface area contributed by atoms with E-state index in [9.17, 15) is 0 Å². The lowest BCUT2D eigenvalue weighted by molar-refractivity contribution is 0.188. The maximum Gasteiger partial charge on any atom is 0.229 e. The van der Waals surface area contributed by atoms with Gasteiger partial charge in [-0.2, -0.15) is 9.97 Å². The summed E-state index contributed by atoms with van der Waals surface area (Å²) in [7, 11) is 2.12. The van der Waals surface area contributed by atoms with Crippen LogP contribution in [-0.4, -0.2) is 94.3 Å². The maximum atomic E-state index is 9.13. The number of nitrogens with one attached hydrogen (secondary N) is 2. The zero-order valence-electron chi connectivity index (χ0n) is 17.5. The number of fused-ring (bicyclic) bond motifs is 1. The van der Waals surface area contributed by atoms with Crippen LogP contribution in [0.15, 0.2) is 36.7 Å². The molecule has 160 valence electrons. The van der Waals surface area contributed by atoms with Crippen molar-refractivity contribution in [2.45, 2.75) is 6.54 Å². The minimum Gasteiger partial charge on any atom is -0.395 e. The fourth-order valence-corrected chi connectivity index (χ4v) is 3.74. The van der Waals surface area contributed by atoms with E-state index >= 15 is 0 Å². The van der Waals surface area contributed by atoms with Gasteiger partial charge in [0.1, 0.15) is 5.52 Å². The molecule has 0 atom stereocenters. The summed E-state index contributed by atoms with van der Waals surface area (Å²) in [6.07, 6.45) is 1.66. The predicted octanol–water partition coefficient (Wildman–Crippen LogP) is 1.01. The number of aliphatic hydroxyl groups excluding tert-OH is 1. The molecule has 3 heterocycles. The fourth-order valence-electron chi connectivity index (χ4n) is 3.74. The van der Waals surface area contributed by atoms with Crippen LogP contribution in [0.4, 0.5) is 11.8 Å². The molecule has 3 aromatic rings. The van der Waals surface area contributed by atoms with Crippen molar-refractivity contribution in [2.75, 3.05) is 69.7 Å². The van der Waals surface area contributed by atoms with Gasteiger partial charge in [-0.05, 0) is 12.6 Å². The predicted molar refractivity (Wildman–Crippen MR) is 119 cm³/mol. The highest BCUT2D eigenvalue weighted by Gasteiger charge is 2.20. The number of anilines is 2. The van der Waals surface area contributed by atoms with Crippen LogP contribution in [0.25, 0.3) is 11.2 Å². The summed E-state index contributed by atoms with van der Waals surface area (Å²) in [6.45, 7) is 6.98. The van der Waals surface area contributed by atoms with Crippen LogP contribution in [0.3, 0.4) is 0 Å². The highest BCUT2D eigenvalue weighted by molar-refractivity contribution is 5.83. The number of hydrogen-bond donors (Lipinski definition) is 3. The van der Waals surface area contributed by atoms with Crippen LogP contribution >= 0.6 is 0 Å². The fraction of sp³-hybridized carbons (Fsp3) is 0.476. The number of hydrogen-bond acceptors (Lipinski definition) is 8. The number of piperazine rings is 1. The molecule has 0 aliphatic carbocycles. The summed E-state index contributed by atoms with van der Waals surface area (Å²) < 4.78 is 0. The molecule has 9 nitrogen and oxygen atoms in total. The first-order chi connectivity index (χ1) is 14.7. The van der Waals surface area contributed by atoms with Crippen molar-refractivity contribution < 1.29 is 5.11 Å². The van der Waals surface area contributed by atoms with Crippen molar-refractivity contribution in [2.24, 2.45) is 0 Å². The first kappa shape index (κ1) is 20.5. The molecule has 1 saturated heterocycles. The third-order valence-corrected chi connectivity index (χ3v) is 5.43. The smallest absolute Gasteiger partial charge is 0.229 e. The molecule has 0 spiro atoms. The average Bonchev–Trinajstić information content (AvgIpc) is 3.24. The van der Waals surface area contributed by atoms with Gasteiger partial charge >= 0.3 is 0 Å². The SMILES string of the molecule is CN(CCNc1nc(N2CCN(CCO)CC2)nc2nc[nH]c12)Cc1ccccc1. The van der Waals surface area contributed by atoms with Gasteiger partial charge in [-0.25, -0.2) is 4.98 Å². The van der Waals surface area contributed by atoms with Crippen molar-refractivity contribution in [3.63, 3.8) is 0 Å². The summed E-state index contributed by atoms with van der Waals surface area (Å²) in [5.41, 5.74) is 2.82. The van der Waals surface area contributed by atoms with E-state index in [0.717, 1.165) is 63.7 Å². The van der Waals surface area contributed by atoms with Crippen LogP contribution in [0, 0.1) is 0 Å². The van der Waals surface area contributed by atoms with Crippen LogP contribution in [0.2, 0.25) is 0 Å². The molecule has 0 saturated carbocycles. The zero-order chi connectivity index (χ0) is 20.8. The third-order valence-electron chi connectivity index (χ3n) is 5.43. The lowest BCUT2D eigenvalue weighted by Crippen LogP contribution is -2.47. The third kappa shape index (κ3) is 5.05. The molecule has 3 N–H and O–H groups in total. The molecular weight excluding hydrogens is 380 g/mol. The average molecular weight is 411 g/mol. The number of H-pyrrole nitrogens is 1. The van der Waals surface area contributed by atoms with Crippen molar-refractivity contribution in [1.82, 2.24) is 29.7 Å². The molecule has 1 aliphatic rings. The van der Waals surface area contributed by atoms with Crippen molar-refractivity contribution in [3.8, 4) is 0 Å². The van der Waals surface area contributed by atoms with Crippen LogP contribution in [0.1, 0.15) is 5.56 Å². The lowest BCUT2D eigenvalue weighted by Gasteiger charge is -2.34. The molecule has 4 rings (SSSR count). The van der Waals surface area contributed by atoms with Gasteiger partial charge in [0.2, 0.25) is 5.95 Å². The van der Waals surface area contributed by atoms with Gasteiger partial charge in [-0.1, -0.05) is 30.3 Å². The number of likely N-dealkylation sites (N-methyl/N-ethyl adjacent to an activating group) is 1. The van der Waals surface area contributed by atoms with Gasteiger partial charge in [0.15, 0.2) is 11.5 Å². The molecule has 0 amide bonds. The van der Waals surface area contributed by atoms with E-state index in [2.05, 4.69) is 66.3 Å². The summed E-state index contributed by atoms with van der Waals surface area (Å²) in [5, 5.41) is 12.6. The minimum atomic E-state index is 0.197. The topological polar surface area (TPSA) is 96.4 Å². The number of aliphatic hydroxyl groups is 1. The van der Waals surface area contributed by atoms with Crippen LogP contribution in [-0.2, 0) is 6.54 Å².